The van der Waals surface area contributed by atoms with Crippen molar-refractivity contribution < 1.29 is 26.8 Å². The van der Waals surface area contributed by atoms with Crippen LogP contribution in [0, 0.1) is 0 Å². The van der Waals surface area contributed by atoms with Crippen LogP contribution in [-0.2, 0) is 25.9 Å². The van der Waals surface area contributed by atoms with Crippen LogP contribution in [0.3, 0.4) is 0 Å². The third-order valence-electron chi connectivity index (χ3n) is 3.77. The Bertz CT molecular complexity index is 833. The minimum absolute atomic E-state index is 0.185. The van der Waals surface area contributed by atoms with Gasteiger partial charge in [-0.2, -0.15) is 13.5 Å². The molecule has 3 heterocycles. The van der Waals surface area contributed by atoms with Crippen molar-refractivity contribution in [2.75, 3.05) is 13.1 Å². The van der Waals surface area contributed by atoms with Crippen LogP contribution in [0.25, 0.3) is 5.70 Å². The van der Waals surface area contributed by atoms with Crippen molar-refractivity contribution in [3.63, 3.8) is 0 Å². The van der Waals surface area contributed by atoms with E-state index in [0.717, 1.165) is 0 Å². The maximum absolute atomic E-state index is 12.1. The highest BCUT2D eigenvalue weighted by atomic mass is 32.3. The van der Waals surface area contributed by atoms with Crippen molar-refractivity contribution in [2.45, 2.75) is 25.3 Å². The summed E-state index contributed by atoms with van der Waals surface area (Å²) in [5.74, 6) is -0.385. The first-order chi connectivity index (χ1) is 11.7. The molecular formula is C12H16N6O6S. The Balaban J connectivity index is 1.72. The number of nitrogens with two attached hydrogens (primary N) is 1. The van der Waals surface area contributed by atoms with Crippen LogP contribution in [0.1, 0.15) is 18.5 Å². The van der Waals surface area contributed by atoms with Gasteiger partial charge in [0.25, 0.3) is 0 Å². The van der Waals surface area contributed by atoms with Crippen molar-refractivity contribution in [1.82, 2.24) is 25.0 Å². The maximum Gasteiger partial charge on any atom is 0.418 e. The minimum Gasteiger partial charge on any atom is -0.370 e. The third kappa shape index (κ3) is 3.94. The van der Waals surface area contributed by atoms with E-state index < -0.39 is 22.5 Å². The van der Waals surface area contributed by atoms with Gasteiger partial charge >= 0.3 is 16.4 Å². The molecule has 2 aliphatic heterocycles. The first kappa shape index (κ1) is 17.3. The first-order valence-corrected chi connectivity index (χ1v) is 8.75. The lowest BCUT2D eigenvalue weighted by molar-refractivity contribution is -0.118. The molecule has 2 bridgehead atoms. The van der Waals surface area contributed by atoms with Gasteiger partial charge in [-0.25, -0.2) is 9.48 Å². The summed E-state index contributed by atoms with van der Waals surface area (Å²) in [6.07, 6.45) is 4.62. The van der Waals surface area contributed by atoms with E-state index in [1.165, 1.54) is 9.58 Å². The number of urea groups is 1. The Morgan fingerprint density at radius 1 is 1.48 bits per heavy atom. The fraction of sp³-hybridized carbons (Fsp3) is 0.500. The van der Waals surface area contributed by atoms with Gasteiger partial charge in [0.2, 0.25) is 5.91 Å². The van der Waals surface area contributed by atoms with E-state index in [1.807, 2.05) is 0 Å². The Morgan fingerprint density at radius 3 is 2.92 bits per heavy atom. The molecule has 0 radical (unpaired) electrons. The summed E-state index contributed by atoms with van der Waals surface area (Å²) in [6.45, 7) is 0.419. The van der Waals surface area contributed by atoms with E-state index in [0.29, 0.717) is 29.3 Å². The van der Waals surface area contributed by atoms with Crippen molar-refractivity contribution in [3.8, 4) is 0 Å². The monoisotopic (exact) mass is 372 g/mol. The number of hydrogen-bond donors (Lipinski definition) is 2. The number of primary amides is 1. The number of hydroxylamine groups is 2. The molecule has 0 spiro atoms. The molecule has 136 valence electrons. The summed E-state index contributed by atoms with van der Waals surface area (Å²) < 4.78 is 36.3. The summed E-state index contributed by atoms with van der Waals surface area (Å²) in [4.78, 5) is 24.2. The van der Waals surface area contributed by atoms with Crippen molar-refractivity contribution in [2.24, 2.45) is 5.73 Å². The Labute approximate surface area is 142 Å². The summed E-state index contributed by atoms with van der Waals surface area (Å²) >= 11 is 0. The molecule has 0 aromatic carbocycles. The van der Waals surface area contributed by atoms with Crippen LogP contribution in [0.5, 0.6) is 0 Å². The lowest BCUT2D eigenvalue weighted by atomic mass is 10.2. The number of carbonyl (C=O) groups is 2. The van der Waals surface area contributed by atoms with E-state index >= 15 is 0 Å². The summed E-state index contributed by atoms with van der Waals surface area (Å²) in [7, 11) is -4.80. The highest BCUT2D eigenvalue weighted by Gasteiger charge is 2.43. The smallest absolute Gasteiger partial charge is 0.370 e. The average Bonchev–Trinajstić information content (AvgIpc) is 3.06. The van der Waals surface area contributed by atoms with Gasteiger partial charge in [0.1, 0.15) is 6.04 Å². The largest absolute Gasteiger partial charge is 0.418 e. The van der Waals surface area contributed by atoms with Gasteiger partial charge in [-0.15, -0.1) is 9.38 Å². The molecule has 13 heteroatoms. The zero-order valence-corrected chi connectivity index (χ0v) is 13.8. The number of nitrogens with zero attached hydrogens (tertiary/aromatic N) is 5. The highest BCUT2D eigenvalue weighted by Crippen LogP contribution is 2.27. The molecule has 1 unspecified atom stereocenters. The van der Waals surface area contributed by atoms with E-state index in [-0.39, 0.29) is 25.4 Å². The number of aryl methyl sites for hydroxylation is 1. The van der Waals surface area contributed by atoms with Crippen LogP contribution in [0.4, 0.5) is 4.79 Å². The van der Waals surface area contributed by atoms with E-state index in [9.17, 15) is 18.0 Å². The van der Waals surface area contributed by atoms with Gasteiger partial charge in [-0.1, -0.05) is 5.21 Å². The number of hydrogen-bond acceptors (Lipinski definition) is 7. The van der Waals surface area contributed by atoms with Crippen LogP contribution >= 0.6 is 0 Å². The molecule has 25 heavy (non-hydrogen) atoms. The molecule has 3 amide bonds. The second-order valence-electron chi connectivity index (χ2n) is 5.69. The molecule has 1 atom stereocenters. The van der Waals surface area contributed by atoms with E-state index in [1.54, 1.807) is 12.3 Å². The Kier molecular flexibility index (Phi) is 4.45. The number of amides is 3. The predicted molar refractivity (Wildman–Crippen MR) is 81.7 cm³/mol. The van der Waals surface area contributed by atoms with Crippen LogP contribution in [0.15, 0.2) is 12.3 Å². The zero-order chi connectivity index (χ0) is 18.2. The van der Waals surface area contributed by atoms with Gasteiger partial charge in [-0.05, 0) is 18.9 Å². The second-order valence-corrected chi connectivity index (χ2v) is 6.70. The maximum atomic E-state index is 12.1. The summed E-state index contributed by atoms with van der Waals surface area (Å²) in [5, 5.41) is 8.57. The number of aromatic nitrogens is 3. The molecule has 0 saturated carbocycles. The van der Waals surface area contributed by atoms with Crippen molar-refractivity contribution in [3.05, 3.63) is 18.0 Å². The summed E-state index contributed by atoms with van der Waals surface area (Å²) in [5.41, 5.74) is 6.35. The molecule has 1 aromatic rings. The molecule has 12 nitrogen and oxygen atoms in total. The Morgan fingerprint density at radius 2 is 2.24 bits per heavy atom. The highest BCUT2D eigenvalue weighted by molar-refractivity contribution is 7.80. The van der Waals surface area contributed by atoms with E-state index in [2.05, 4.69) is 14.6 Å². The van der Waals surface area contributed by atoms with Gasteiger partial charge in [0.05, 0.1) is 24.1 Å². The summed E-state index contributed by atoms with van der Waals surface area (Å²) in [6, 6.07) is -1.35. The number of rotatable bonds is 7. The molecule has 3 rings (SSSR count). The first-order valence-electron chi connectivity index (χ1n) is 7.38. The third-order valence-corrected chi connectivity index (χ3v) is 4.12. The minimum atomic E-state index is -4.80. The van der Waals surface area contributed by atoms with E-state index in [4.69, 9.17) is 10.3 Å². The second kappa shape index (κ2) is 6.42. The quantitative estimate of drug-likeness (QED) is 0.563. The fourth-order valence-electron chi connectivity index (χ4n) is 2.72. The topological polar surface area (TPSA) is 161 Å². The molecule has 2 aliphatic rings. The van der Waals surface area contributed by atoms with Gasteiger partial charge < -0.3 is 10.6 Å². The normalized spacial score (nSPS) is 20.1. The lowest BCUT2D eigenvalue weighted by Gasteiger charge is -2.20. The molecule has 1 fully saturated rings. The standard InChI is InChI=1S/C12H16N6O6S/c13-11(19)3-1-2-8-5-17(15-14-8)9-4-10-7-16(6-9)12(20)18(10)24-25(21,22)23/h4-5,10H,1-3,6-7H2,(H2,13,19)(H,21,22,23). The van der Waals surface area contributed by atoms with Crippen LogP contribution < -0.4 is 5.73 Å². The number of fused-ring (bicyclic) bond motifs is 2. The van der Waals surface area contributed by atoms with Gasteiger partial charge in [0.15, 0.2) is 0 Å². The fourth-order valence-corrected chi connectivity index (χ4v) is 3.09. The molecule has 1 aromatic heterocycles. The predicted octanol–water partition coefficient (Wildman–Crippen LogP) is -1.22. The zero-order valence-electron chi connectivity index (χ0n) is 13.0. The SMILES string of the molecule is NC(=O)CCCc1cn(C2=CC3CN(C2)C(=O)N3OS(=O)(=O)O)nn1. The van der Waals surface area contributed by atoms with Crippen LogP contribution in [-0.4, -0.2) is 69.0 Å². The van der Waals surface area contributed by atoms with Crippen LogP contribution in [0.2, 0.25) is 0 Å². The molecule has 3 N–H and O–H groups in total. The van der Waals surface area contributed by atoms with Gasteiger partial charge in [0, 0.05) is 13.0 Å². The molecule has 1 saturated heterocycles. The lowest BCUT2D eigenvalue weighted by Crippen LogP contribution is -2.35. The van der Waals surface area contributed by atoms with Gasteiger partial charge in [-0.3, -0.25) is 9.35 Å². The molecular weight excluding hydrogens is 356 g/mol. The van der Waals surface area contributed by atoms with Crippen molar-refractivity contribution >= 4 is 28.0 Å². The average molecular weight is 372 g/mol. The van der Waals surface area contributed by atoms with Crippen molar-refractivity contribution in [1.29, 1.82) is 0 Å². The molecule has 0 aliphatic carbocycles. The Hall–Kier alpha value is -2.51. The number of carbonyl (C=O) groups excluding carboxylic acids is 2.